The van der Waals surface area contributed by atoms with Crippen molar-refractivity contribution in [2.24, 2.45) is 0 Å². The van der Waals surface area contributed by atoms with Gasteiger partial charge in [0.25, 0.3) is 0 Å². The second-order valence-corrected chi connectivity index (χ2v) is 6.99. The van der Waals surface area contributed by atoms with E-state index in [0.29, 0.717) is 6.04 Å². The van der Waals surface area contributed by atoms with Crippen LogP contribution in [0.3, 0.4) is 0 Å². The van der Waals surface area contributed by atoms with Crippen LogP contribution in [0.2, 0.25) is 5.02 Å². The van der Waals surface area contributed by atoms with Crippen LogP contribution in [0.4, 0.5) is 0 Å². The molecule has 1 atom stereocenters. The lowest BCUT2D eigenvalue weighted by molar-refractivity contribution is 0.630. The molecule has 1 aliphatic heterocycles. The molecular weight excluding hydrogens is 296 g/mol. The van der Waals surface area contributed by atoms with E-state index in [1.807, 2.05) is 18.2 Å². The van der Waals surface area contributed by atoms with E-state index >= 15 is 0 Å². The third kappa shape index (κ3) is 3.51. The number of thioether (sulfide) groups is 1. The fourth-order valence-corrected chi connectivity index (χ4v) is 4.27. The van der Waals surface area contributed by atoms with Crippen molar-refractivity contribution in [1.29, 1.82) is 0 Å². The van der Waals surface area contributed by atoms with Crippen LogP contribution < -0.4 is 5.32 Å². The van der Waals surface area contributed by atoms with E-state index in [0.717, 1.165) is 17.3 Å². The zero-order chi connectivity index (χ0) is 13.1. The molecular formula is C14H15ClN2S2. The first-order valence-corrected chi connectivity index (χ1v) is 8.61. The molecule has 2 nitrogen and oxygen atoms in total. The maximum Gasteiger partial charge on any atom is 0.103 e. The molecule has 1 fully saturated rings. The Hall–Kier alpha value is -0.550. The summed E-state index contributed by atoms with van der Waals surface area (Å²) in [5.74, 6) is 0.914. The number of aromatic nitrogens is 1. The van der Waals surface area contributed by atoms with Gasteiger partial charge >= 0.3 is 0 Å². The lowest BCUT2D eigenvalue weighted by atomic mass is 10.2. The quantitative estimate of drug-likeness (QED) is 0.841. The molecule has 1 aromatic carbocycles. The second kappa shape index (κ2) is 6.27. The van der Waals surface area contributed by atoms with Gasteiger partial charge in [-0.05, 0) is 37.6 Å². The maximum absolute atomic E-state index is 5.98. The minimum absolute atomic E-state index is 0.473. The Morgan fingerprint density at radius 2 is 2.42 bits per heavy atom. The number of rotatable bonds is 4. The molecule has 1 aliphatic rings. The van der Waals surface area contributed by atoms with Gasteiger partial charge in [-0.2, -0.15) is 0 Å². The standard InChI is InChI=1S/C14H15ClN2S2/c15-10-3-1-4-11(7-10)18-9-14-17-13(8-19-14)12-5-2-6-16-12/h1,3-4,7-8,12,16H,2,5-6,9H2. The van der Waals surface area contributed by atoms with Crippen molar-refractivity contribution in [2.45, 2.75) is 29.5 Å². The third-order valence-corrected chi connectivity index (χ3v) is 5.44. The minimum Gasteiger partial charge on any atom is -0.309 e. The topological polar surface area (TPSA) is 24.9 Å². The van der Waals surface area contributed by atoms with E-state index in [-0.39, 0.29) is 0 Å². The van der Waals surface area contributed by atoms with Crippen LogP contribution in [0.1, 0.15) is 29.6 Å². The Balaban J connectivity index is 1.61. The van der Waals surface area contributed by atoms with Crippen molar-refractivity contribution in [2.75, 3.05) is 6.54 Å². The monoisotopic (exact) mass is 310 g/mol. The van der Waals surface area contributed by atoms with Gasteiger partial charge in [-0.1, -0.05) is 17.7 Å². The van der Waals surface area contributed by atoms with E-state index < -0.39 is 0 Å². The first kappa shape index (κ1) is 13.4. The summed E-state index contributed by atoms with van der Waals surface area (Å²) in [6.07, 6.45) is 2.47. The SMILES string of the molecule is Clc1cccc(SCc2nc(C3CCCN3)cs2)c1. The van der Waals surface area contributed by atoms with E-state index in [1.54, 1.807) is 23.1 Å². The summed E-state index contributed by atoms with van der Waals surface area (Å²) in [6, 6.07) is 8.45. The molecule has 1 unspecified atom stereocenters. The van der Waals surface area contributed by atoms with Gasteiger partial charge in [0.1, 0.15) is 5.01 Å². The normalized spacial score (nSPS) is 18.9. The summed E-state index contributed by atoms with van der Waals surface area (Å²) in [4.78, 5) is 5.93. The summed E-state index contributed by atoms with van der Waals surface area (Å²) in [5.41, 5.74) is 1.21. The van der Waals surface area contributed by atoms with Gasteiger partial charge < -0.3 is 5.32 Å². The number of benzene rings is 1. The lowest BCUT2D eigenvalue weighted by Crippen LogP contribution is -2.13. The largest absolute Gasteiger partial charge is 0.309 e. The van der Waals surface area contributed by atoms with Gasteiger partial charge in [-0.3, -0.25) is 0 Å². The van der Waals surface area contributed by atoms with Crippen LogP contribution in [0, 0.1) is 0 Å². The van der Waals surface area contributed by atoms with Crippen molar-refractivity contribution in [3.8, 4) is 0 Å². The van der Waals surface area contributed by atoms with Gasteiger partial charge in [0.05, 0.1) is 17.5 Å². The summed E-state index contributed by atoms with van der Waals surface area (Å²) < 4.78 is 0. The summed E-state index contributed by atoms with van der Waals surface area (Å²) in [7, 11) is 0. The smallest absolute Gasteiger partial charge is 0.103 e. The predicted molar refractivity (Wildman–Crippen MR) is 83.1 cm³/mol. The number of thiazole rings is 1. The van der Waals surface area contributed by atoms with Crippen molar-refractivity contribution in [3.05, 3.63) is 45.4 Å². The molecule has 2 heterocycles. The lowest BCUT2D eigenvalue weighted by Gasteiger charge is -2.05. The Labute approximate surface area is 126 Å². The van der Waals surface area contributed by atoms with E-state index in [4.69, 9.17) is 16.6 Å². The molecule has 19 heavy (non-hydrogen) atoms. The van der Waals surface area contributed by atoms with Crippen molar-refractivity contribution >= 4 is 34.7 Å². The number of nitrogens with zero attached hydrogens (tertiary/aromatic N) is 1. The van der Waals surface area contributed by atoms with Crippen LogP contribution in [0.5, 0.6) is 0 Å². The molecule has 0 spiro atoms. The highest BCUT2D eigenvalue weighted by Gasteiger charge is 2.18. The highest BCUT2D eigenvalue weighted by Crippen LogP contribution is 2.29. The van der Waals surface area contributed by atoms with Gasteiger partial charge in [0, 0.05) is 15.3 Å². The molecule has 0 radical (unpaired) electrons. The Morgan fingerprint density at radius 3 is 3.21 bits per heavy atom. The number of halogens is 1. The zero-order valence-electron chi connectivity index (χ0n) is 10.4. The molecule has 1 N–H and O–H groups in total. The number of hydrogen-bond acceptors (Lipinski definition) is 4. The highest BCUT2D eigenvalue weighted by atomic mass is 35.5. The molecule has 5 heteroatoms. The first-order chi connectivity index (χ1) is 9.31. The highest BCUT2D eigenvalue weighted by molar-refractivity contribution is 7.98. The molecule has 0 bridgehead atoms. The molecule has 100 valence electrons. The molecule has 1 aromatic heterocycles. The van der Waals surface area contributed by atoms with E-state index in [1.165, 1.54) is 28.4 Å². The van der Waals surface area contributed by atoms with Gasteiger partial charge in [-0.15, -0.1) is 23.1 Å². The van der Waals surface area contributed by atoms with Crippen molar-refractivity contribution in [1.82, 2.24) is 10.3 Å². The number of hydrogen-bond donors (Lipinski definition) is 1. The molecule has 2 aromatic rings. The second-order valence-electron chi connectivity index (χ2n) is 4.56. The first-order valence-electron chi connectivity index (χ1n) is 6.37. The third-order valence-electron chi connectivity index (χ3n) is 3.15. The molecule has 0 amide bonds. The summed E-state index contributed by atoms with van der Waals surface area (Å²) in [6.45, 7) is 1.12. The molecule has 0 aliphatic carbocycles. The summed E-state index contributed by atoms with van der Waals surface area (Å²) in [5, 5.41) is 7.66. The fraction of sp³-hybridized carbons (Fsp3) is 0.357. The van der Waals surface area contributed by atoms with Crippen LogP contribution in [0.25, 0.3) is 0 Å². The van der Waals surface area contributed by atoms with Crippen LogP contribution in [0.15, 0.2) is 34.5 Å². The Bertz CT molecular complexity index is 550. The maximum atomic E-state index is 5.98. The van der Waals surface area contributed by atoms with Gasteiger partial charge in [0.15, 0.2) is 0 Å². The van der Waals surface area contributed by atoms with Crippen LogP contribution in [-0.2, 0) is 5.75 Å². The average molecular weight is 311 g/mol. The zero-order valence-corrected chi connectivity index (χ0v) is 12.8. The minimum atomic E-state index is 0.473. The summed E-state index contributed by atoms with van der Waals surface area (Å²) >= 11 is 9.52. The van der Waals surface area contributed by atoms with Crippen molar-refractivity contribution in [3.63, 3.8) is 0 Å². The molecule has 1 saturated heterocycles. The van der Waals surface area contributed by atoms with E-state index in [9.17, 15) is 0 Å². The van der Waals surface area contributed by atoms with E-state index in [2.05, 4.69) is 16.8 Å². The number of nitrogens with one attached hydrogen (secondary N) is 1. The predicted octanol–water partition coefficient (Wildman–Crippen LogP) is 4.51. The van der Waals surface area contributed by atoms with Gasteiger partial charge in [0.2, 0.25) is 0 Å². The molecule has 0 saturated carbocycles. The molecule has 3 rings (SSSR count). The fourth-order valence-electron chi connectivity index (χ4n) is 2.19. The van der Waals surface area contributed by atoms with Crippen LogP contribution >= 0.6 is 34.7 Å². The van der Waals surface area contributed by atoms with Crippen molar-refractivity contribution < 1.29 is 0 Å². The average Bonchev–Trinajstić information content (AvgIpc) is 3.07. The Kier molecular flexibility index (Phi) is 4.43. The van der Waals surface area contributed by atoms with Gasteiger partial charge in [-0.25, -0.2) is 4.98 Å². The Morgan fingerprint density at radius 1 is 1.47 bits per heavy atom. The van der Waals surface area contributed by atoms with Crippen LogP contribution in [-0.4, -0.2) is 11.5 Å².